The van der Waals surface area contributed by atoms with Crippen molar-refractivity contribution >= 4 is 39.4 Å². The molecule has 49 heavy (non-hydrogen) atoms. The van der Waals surface area contributed by atoms with Gasteiger partial charge in [0.1, 0.15) is 12.1 Å². The van der Waals surface area contributed by atoms with Gasteiger partial charge in [-0.1, -0.05) is 81.1 Å². The van der Waals surface area contributed by atoms with Crippen LogP contribution in [0.5, 0.6) is 0 Å². The molecule has 282 valence electrons. The zero-order valence-corrected chi connectivity index (χ0v) is 32.8. The maximum atomic E-state index is 14.5. The topological polar surface area (TPSA) is 171 Å². The Morgan fingerprint density at radius 3 is 2.00 bits per heavy atom. The summed E-state index contributed by atoms with van der Waals surface area (Å²) in [5.74, 6) is -2.62. The van der Waals surface area contributed by atoms with E-state index in [9.17, 15) is 32.4 Å². The lowest BCUT2D eigenvalue weighted by Gasteiger charge is -2.49. The molecule has 4 atom stereocenters. The second kappa shape index (κ2) is 16.5. The number of rotatable bonds is 13. The molecule has 1 heterocycles. The van der Waals surface area contributed by atoms with Crippen molar-refractivity contribution in [3.05, 3.63) is 0 Å². The van der Waals surface area contributed by atoms with Crippen molar-refractivity contribution < 1.29 is 32.4 Å². The van der Waals surface area contributed by atoms with Crippen LogP contribution in [0.15, 0.2) is 0 Å². The van der Waals surface area contributed by atoms with Crippen LogP contribution < -0.4 is 21.3 Å². The summed E-state index contributed by atoms with van der Waals surface area (Å²) in [4.78, 5) is 69.4. The molecule has 0 bridgehead atoms. The van der Waals surface area contributed by atoms with Gasteiger partial charge in [0.25, 0.3) is 5.91 Å². The first-order valence-corrected chi connectivity index (χ1v) is 19.8. The number of carbonyl (C=O) groups is 5. The van der Waals surface area contributed by atoms with E-state index in [4.69, 9.17) is 0 Å². The fourth-order valence-electron chi connectivity index (χ4n) is 6.60. The lowest BCUT2D eigenvalue weighted by atomic mass is 9.71. The van der Waals surface area contributed by atoms with Crippen molar-refractivity contribution in [1.29, 1.82) is 0 Å². The van der Waals surface area contributed by atoms with Gasteiger partial charge in [-0.2, -0.15) is 0 Å². The number of piperidine rings is 1. The largest absolute Gasteiger partial charge is 0.349 e. The van der Waals surface area contributed by atoms with Crippen molar-refractivity contribution in [2.24, 2.45) is 16.7 Å². The average molecular weight is 712 g/mol. The average Bonchev–Trinajstić information content (AvgIpc) is 2.97. The molecule has 12 nitrogen and oxygen atoms in total. The third-order valence-electron chi connectivity index (χ3n) is 10.4. The van der Waals surface area contributed by atoms with Gasteiger partial charge in [-0.25, -0.2) is 13.2 Å². The third-order valence-corrected chi connectivity index (χ3v) is 13.2. The van der Waals surface area contributed by atoms with Gasteiger partial charge in [-0.05, 0) is 69.6 Å². The Morgan fingerprint density at radius 2 is 1.49 bits per heavy atom. The molecule has 5 amide bonds. The molecule has 1 aliphatic carbocycles. The van der Waals surface area contributed by atoms with E-state index in [1.807, 2.05) is 55.4 Å². The van der Waals surface area contributed by atoms with Crippen LogP contribution >= 0.6 is 0 Å². The molecular formula is C36H65N5O7S. The van der Waals surface area contributed by atoms with Gasteiger partial charge in [0.2, 0.25) is 17.6 Å². The first-order chi connectivity index (χ1) is 22.4. The van der Waals surface area contributed by atoms with Gasteiger partial charge in [-0.3, -0.25) is 19.2 Å². The highest BCUT2D eigenvalue weighted by molar-refractivity contribution is 7.92. The maximum Gasteiger partial charge on any atom is 0.315 e. The molecule has 2 rings (SSSR count). The van der Waals surface area contributed by atoms with Gasteiger partial charge in [-0.15, -0.1) is 0 Å². The van der Waals surface area contributed by atoms with Crippen LogP contribution in [-0.2, 0) is 29.0 Å². The molecule has 4 N–H and O–H groups in total. The third kappa shape index (κ3) is 11.1. The van der Waals surface area contributed by atoms with E-state index in [1.54, 1.807) is 20.8 Å². The number of carbonyl (C=O) groups excluding carboxylic acids is 5. The summed E-state index contributed by atoms with van der Waals surface area (Å²) < 4.78 is 25.6. The van der Waals surface area contributed by atoms with E-state index in [2.05, 4.69) is 21.3 Å². The van der Waals surface area contributed by atoms with E-state index < -0.39 is 73.2 Å². The predicted octanol–water partition coefficient (Wildman–Crippen LogP) is 4.26. The molecule has 0 aromatic heterocycles. The normalized spacial score (nSPS) is 22.3. The zero-order valence-electron chi connectivity index (χ0n) is 32.0. The van der Waals surface area contributed by atoms with Crippen molar-refractivity contribution in [3.63, 3.8) is 0 Å². The SMILES string of the molecule is CCCNC(=O)C(=O)C(CCC)NC(=O)[C@@H]1CC(C)(C)C(C)CN1C(=O)[C@@H](NC(=O)NC1(CS(=O)(=O)C(C)(C)C)CCCCC1)C(C)(C)C. The summed E-state index contributed by atoms with van der Waals surface area (Å²) >= 11 is 0. The van der Waals surface area contributed by atoms with Crippen molar-refractivity contribution in [1.82, 2.24) is 26.2 Å². The van der Waals surface area contributed by atoms with Crippen LogP contribution in [0.1, 0.15) is 134 Å². The molecule has 2 fully saturated rings. The molecule has 0 aromatic rings. The Labute approximate surface area is 295 Å². The second-order valence-electron chi connectivity index (χ2n) is 17.2. The van der Waals surface area contributed by atoms with Gasteiger partial charge >= 0.3 is 6.03 Å². The fraction of sp³-hybridized carbons (Fsp3) is 0.861. The van der Waals surface area contributed by atoms with Gasteiger partial charge in [0.05, 0.1) is 22.1 Å². The number of ketones is 1. The predicted molar refractivity (Wildman–Crippen MR) is 192 cm³/mol. The minimum Gasteiger partial charge on any atom is -0.349 e. The number of hydrogen-bond acceptors (Lipinski definition) is 7. The monoisotopic (exact) mass is 711 g/mol. The van der Waals surface area contributed by atoms with Crippen molar-refractivity contribution in [2.45, 2.75) is 162 Å². The lowest BCUT2D eigenvalue weighted by molar-refractivity contribution is -0.151. The van der Waals surface area contributed by atoms with E-state index in [0.29, 0.717) is 38.6 Å². The van der Waals surface area contributed by atoms with E-state index in [-0.39, 0.29) is 30.1 Å². The number of urea groups is 1. The number of Topliss-reactive ketones (excluding diaryl/α,β-unsaturated/α-hetero) is 1. The molecule has 2 aliphatic rings. The van der Waals surface area contributed by atoms with Crippen molar-refractivity contribution in [2.75, 3.05) is 18.8 Å². The molecule has 1 saturated carbocycles. The van der Waals surface area contributed by atoms with Crippen molar-refractivity contribution in [3.8, 4) is 0 Å². The molecule has 0 spiro atoms. The summed E-state index contributed by atoms with van der Waals surface area (Å²) in [6, 6.07) is -3.66. The Bertz CT molecular complexity index is 1310. The number of amides is 5. The van der Waals surface area contributed by atoms with Gasteiger partial charge in [0.15, 0.2) is 9.84 Å². The van der Waals surface area contributed by atoms with Crippen LogP contribution in [0, 0.1) is 16.7 Å². The number of sulfone groups is 1. The Morgan fingerprint density at radius 1 is 0.898 bits per heavy atom. The number of hydrogen-bond donors (Lipinski definition) is 4. The lowest BCUT2D eigenvalue weighted by Crippen LogP contribution is -2.66. The molecule has 1 aliphatic heterocycles. The second-order valence-corrected chi connectivity index (χ2v) is 19.9. The van der Waals surface area contributed by atoms with Crippen LogP contribution in [0.25, 0.3) is 0 Å². The fourth-order valence-corrected chi connectivity index (χ4v) is 8.12. The highest BCUT2D eigenvalue weighted by Crippen LogP contribution is 2.40. The number of nitrogens with one attached hydrogen (secondary N) is 4. The van der Waals surface area contributed by atoms with Crippen LogP contribution in [-0.4, -0.2) is 90.1 Å². The van der Waals surface area contributed by atoms with Gasteiger partial charge in [0, 0.05) is 13.1 Å². The highest BCUT2D eigenvalue weighted by Gasteiger charge is 2.48. The van der Waals surface area contributed by atoms with E-state index in [0.717, 1.165) is 19.3 Å². The van der Waals surface area contributed by atoms with E-state index in [1.165, 1.54) is 4.90 Å². The Kier molecular flexibility index (Phi) is 14.3. The minimum absolute atomic E-state index is 0.0101. The molecule has 0 radical (unpaired) electrons. The molecule has 2 unspecified atom stereocenters. The zero-order chi connectivity index (χ0) is 37.6. The standard InChI is InChI=1S/C36H65N5O7S/c1-12-17-25(27(42)30(44)37-20-13-2)38-29(43)26-21-35(10,11)24(3)22-41(26)31(45)28(33(4,5)6)39-32(46)40-36(18-15-14-16-19-36)23-49(47,48)34(7,8)9/h24-26,28H,12-23H2,1-11H3,(H,37,44)(H,38,43)(H2,39,40,46)/t24?,25?,26-,28+/m0/s1. The summed E-state index contributed by atoms with van der Waals surface area (Å²) in [6.07, 6.45) is 5.33. The molecular weight excluding hydrogens is 646 g/mol. The molecule has 1 saturated heterocycles. The first kappa shape index (κ1) is 42.5. The molecule has 0 aromatic carbocycles. The molecule has 13 heteroatoms. The van der Waals surface area contributed by atoms with E-state index >= 15 is 0 Å². The Balaban J connectivity index is 2.41. The van der Waals surface area contributed by atoms with Gasteiger partial charge < -0.3 is 26.2 Å². The first-order valence-electron chi connectivity index (χ1n) is 18.1. The minimum atomic E-state index is -3.57. The van der Waals surface area contributed by atoms with Crippen LogP contribution in [0.4, 0.5) is 4.79 Å². The van der Waals surface area contributed by atoms with Crippen LogP contribution in [0.3, 0.4) is 0 Å². The Hall–Kier alpha value is -2.70. The number of nitrogens with zero attached hydrogens (tertiary/aromatic N) is 1. The highest BCUT2D eigenvalue weighted by atomic mass is 32.2. The van der Waals surface area contributed by atoms with Crippen LogP contribution in [0.2, 0.25) is 0 Å². The smallest absolute Gasteiger partial charge is 0.315 e. The quantitative estimate of drug-likeness (QED) is 0.207. The maximum absolute atomic E-state index is 14.5. The summed E-state index contributed by atoms with van der Waals surface area (Å²) in [6.45, 7) is 20.9. The number of likely N-dealkylation sites (tertiary alicyclic amines) is 1. The summed E-state index contributed by atoms with van der Waals surface area (Å²) in [5, 5.41) is 11.3. The summed E-state index contributed by atoms with van der Waals surface area (Å²) in [7, 11) is -3.57. The summed E-state index contributed by atoms with van der Waals surface area (Å²) in [5.41, 5.74) is -2.06.